The van der Waals surface area contributed by atoms with E-state index in [1.54, 1.807) is 26.8 Å². The first-order valence-corrected chi connectivity index (χ1v) is 8.37. The zero-order chi connectivity index (χ0) is 17.3. The van der Waals surface area contributed by atoms with E-state index in [0.29, 0.717) is 4.43 Å². The Morgan fingerprint density at radius 3 is 1.95 bits per heavy atom. The van der Waals surface area contributed by atoms with Crippen LogP contribution in [-0.4, -0.2) is 40.1 Å². The van der Waals surface area contributed by atoms with Crippen molar-refractivity contribution in [2.75, 3.05) is 4.43 Å². The lowest BCUT2D eigenvalue weighted by Crippen LogP contribution is -2.35. The molecule has 0 N–H and O–H groups in total. The smallest absolute Gasteiger partial charge is 0.330 e. The molecule has 0 aliphatic rings. The Balaban J connectivity index is 4.74. The second-order valence-electron chi connectivity index (χ2n) is 5.62. The van der Waals surface area contributed by atoms with Crippen molar-refractivity contribution < 1.29 is 28.6 Å². The number of carbonyl (C=O) groups excluding carboxylic acids is 3. The van der Waals surface area contributed by atoms with Crippen LogP contribution in [0.25, 0.3) is 0 Å². The van der Waals surface area contributed by atoms with Crippen molar-refractivity contribution in [3.05, 3.63) is 12.2 Å². The van der Waals surface area contributed by atoms with E-state index < -0.39 is 35.7 Å². The van der Waals surface area contributed by atoms with Gasteiger partial charge in [-0.25, -0.2) is 4.79 Å². The van der Waals surface area contributed by atoms with Crippen LogP contribution in [0.3, 0.4) is 0 Å². The molecule has 0 saturated carbocycles. The minimum absolute atomic E-state index is 0.250. The average Bonchev–Trinajstić information content (AvgIpc) is 2.31. The van der Waals surface area contributed by atoms with Crippen LogP contribution in [0.5, 0.6) is 0 Å². The summed E-state index contributed by atoms with van der Waals surface area (Å²) in [5, 5.41) is 0. The van der Waals surface area contributed by atoms with E-state index in [0.717, 1.165) is 0 Å². The summed E-state index contributed by atoms with van der Waals surface area (Å²) in [6.45, 7) is 7.89. The Labute approximate surface area is 144 Å². The van der Waals surface area contributed by atoms with Crippen LogP contribution in [0.4, 0.5) is 0 Å². The fraction of sp³-hybridized carbons (Fsp3) is 0.667. The molecule has 2 atom stereocenters. The maximum atomic E-state index is 11.6. The zero-order valence-corrected chi connectivity index (χ0v) is 15.7. The van der Waals surface area contributed by atoms with Gasteiger partial charge in [0.15, 0.2) is 0 Å². The SMILES string of the molecule is CC(=O)O[C@@H](C/C=C/C(=O)OC(C)(C)C)[C@@H](CI)OC(C)=O. The van der Waals surface area contributed by atoms with Crippen molar-refractivity contribution in [1.29, 1.82) is 0 Å². The van der Waals surface area contributed by atoms with Gasteiger partial charge in [0.05, 0.1) is 0 Å². The Morgan fingerprint density at radius 2 is 1.55 bits per heavy atom. The standard InChI is InChI=1S/C15H23IO6/c1-10(17)20-12(13(9-16)21-11(2)18)7-6-8-14(19)22-15(3,4)5/h6,8,12-13H,7,9H2,1-5H3/b8-6+/t12-,13+/m0/s1. The highest BCUT2D eigenvalue weighted by Crippen LogP contribution is 2.14. The largest absolute Gasteiger partial charge is 0.458 e. The third kappa shape index (κ3) is 10.6. The summed E-state index contributed by atoms with van der Waals surface area (Å²) in [6, 6.07) is 0. The van der Waals surface area contributed by atoms with E-state index in [9.17, 15) is 14.4 Å². The first-order chi connectivity index (χ1) is 10.0. The second-order valence-corrected chi connectivity index (χ2v) is 6.50. The summed E-state index contributed by atoms with van der Waals surface area (Å²) >= 11 is 2.04. The van der Waals surface area contributed by atoms with Gasteiger partial charge in [0.25, 0.3) is 0 Å². The molecule has 0 unspecified atom stereocenters. The molecule has 0 saturated heterocycles. The topological polar surface area (TPSA) is 78.9 Å². The van der Waals surface area contributed by atoms with Crippen molar-refractivity contribution in [3.8, 4) is 0 Å². The number of alkyl halides is 1. The molecular weight excluding hydrogens is 403 g/mol. The number of halogens is 1. The molecule has 0 aliphatic carbocycles. The lowest BCUT2D eigenvalue weighted by molar-refractivity contribution is -0.163. The van der Waals surface area contributed by atoms with Gasteiger partial charge in [0.1, 0.15) is 17.8 Å². The Bertz CT molecular complexity index is 424. The van der Waals surface area contributed by atoms with Gasteiger partial charge in [0.2, 0.25) is 0 Å². The average molecular weight is 426 g/mol. The molecular formula is C15H23IO6. The van der Waals surface area contributed by atoms with E-state index >= 15 is 0 Å². The molecule has 7 heteroatoms. The fourth-order valence-corrected chi connectivity index (χ4v) is 2.29. The van der Waals surface area contributed by atoms with Gasteiger partial charge in [-0.1, -0.05) is 28.7 Å². The molecule has 0 rings (SSSR count). The third-order valence-corrected chi connectivity index (χ3v) is 3.10. The summed E-state index contributed by atoms with van der Waals surface area (Å²) < 4.78 is 15.9. The van der Waals surface area contributed by atoms with E-state index in [-0.39, 0.29) is 6.42 Å². The summed E-state index contributed by atoms with van der Waals surface area (Å²) in [5.74, 6) is -1.40. The Hall–Kier alpha value is -1.12. The molecule has 22 heavy (non-hydrogen) atoms. The number of carbonyl (C=O) groups is 3. The molecule has 0 aliphatic heterocycles. The molecule has 0 spiro atoms. The molecule has 0 amide bonds. The second kappa shape index (κ2) is 9.81. The molecule has 126 valence electrons. The van der Waals surface area contributed by atoms with Gasteiger partial charge < -0.3 is 14.2 Å². The lowest BCUT2D eigenvalue weighted by atomic mass is 10.1. The molecule has 0 fully saturated rings. The Kier molecular flexibility index (Phi) is 9.31. The first-order valence-electron chi connectivity index (χ1n) is 6.85. The highest BCUT2D eigenvalue weighted by Gasteiger charge is 2.25. The highest BCUT2D eigenvalue weighted by molar-refractivity contribution is 14.1. The minimum Gasteiger partial charge on any atom is -0.458 e. The van der Waals surface area contributed by atoms with Crippen LogP contribution in [0, 0.1) is 0 Å². The molecule has 6 nitrogen and oxygen atoms in total. The van der Waals surface area contributed by atoms with Crippen LogP contribution >= 0.6 is 22.6 Å². The first kappa shape index (κ1) is 20.9. The normalized spacial score (nSPS) is 14.3. The lowest BCUT2D eigenvalue weighted by Gasteiger charge is -2.24. The van der Waals surface area contributed by atoms with Crippen LogP contribution < -0.4 is 0 Å². The van der Waals surface area contributed by atoms with Gasteiger partial charge in [-0.2, -0.15) is 0 Å². The molecule has 0 heterocycles. The molecule has 0 radical (unpaired) electrons. The van der Waals surface area contributed by atoms with Gasteiger partial charge in [-0.05, 0) is 20.8 Å². The van der Waals surface area contributed by atoms with E-state index in [4.69, 9.17) is 14.2 Å². The van der Waals surface area contributed by atoms with Crippen molar-refractivity contribution in [2.24, 2.45) is 0 Å². The summed E-state index contributed by atoms with van der Waals surface area (Å²) in [5.41, 5.74) is -0.570. The predicted octanol–water partition coefficient (Wildman–Crippen LogP) is 2.57. The number of hydrogen-bond acceptors (Lipinski definition) is 6. The monoisotopic (exact) mass is 426 g/mol. The van der Waals surface area contributed by atoms with Crippen molar-refractivity contribution in [3.63, 3.8) is 0 Å². The number of ether oxygens (including phenoxy) is 3. The minimum atomic E-state index is -0.642. The summed E-state index contributed by atoms with van der Waals surface area (Å²) in [4.78, 5) is 33.8. The van der Waals surface area contributed by atoms with E-state index in [1.807, 2.05) is 22.6 Å². The van der Waals surface area contributed by atoms with Crippen LogP contribution in [0.2, 0.25) is 0 Å². The van der Waals surface area contributed by atoms with Crippen molar-refractivity contribution in [2.45, 2.75) is 58.8 Å². The van der Waals surface area contributed by atoms with Crippen LogP contribution in [0.15, 0.2) is 12.2 Å². The maximum absolute atomic E-state index is 11.6. The predicted molar refractivity (Wildman–Crippen MR) is 89.6 cm³/mol. The van der Waals surface area contributed by atoms with Gasteiger partial charge in [-0.3, -0.25) is 9.59 Å². The zero-order valence-electron chi connectivity index (χ0n) is 13.6. The Morgan fingerprint density at radius 1 is 1.05 bits per heavy atom. The molecule has 0 bridgehead atoms. The summed E-state index contributed by atoms with van der Waals surface area (Å²) in [6.07, 6.45) is 1.87. The summed E-state index contributed by atoms with van der Waals surface area (Å²) in [7, 11) is 0. The van der Waals surface area contributed by atoms with E-state index in [2.05, 4.69) is 0 Å². The van der Waals surface area contributed by atoms with Gasteiger partial charge in [0, 0.05) is 30.8 Å². The number of esters is 3. The van der Waals surface area contributed by atoms with Crippen molar-refractivity contribution >= 4 is 40.5 Å². The van der Waals surface area contributed by atoms with Crippen LogP contribution in [-0.2, 0) is 28.6 Å². The van der Waals surface area contributed by atoms with Crippen molar-refractivity contribution in [1.82, 2.24) is 0 Å². The van der Waals surface area contributed by atoms with Crippen LogP contribution in [0.1, 0.15) is 41.0 Å². The van der Waals surface area contributed by atoms with Gasteiger partial charge in [-0.15, -0.1) is 0 Å². The van der Waals surface area contributed by atoms with E-state index in [1.165, 1.54) is 19.9 Å². The highest BCUT2D eigenvalue weighted by atomic mass is 127. The maximum Gasteiger partial charge on any atom is 0.330 e. The molecule has 0 aromatic carbocycles. The number of hydrogen-bond donors (Lipinski definition) is 0. The number of rotatable bonds is 7. The molecule has 0 aromatic heterocycles. The fourth-order valence-electron chi connectivity index (χ4n) is 1.54. The molecule has 0 aromatic rings. The van der Waals surface area contributed by atoms with Gasteiger partial charge >= 0.3 is 17.9 Å². The quantitative estimate of drug-likeness (QED) is 0.205. The third-order valence-electron chi connectivity index (χ3n) is 2.23.